The average Bonchev–Trinajstić information content (AvgIpc) is 3.60. The number of aromatic amines is 1. The molecule has 3 aromatic carbocycles. The summed E-state index contributed by atoms with van der Waals surface area (Å²) in [5.41, 5.74) is 6.98. The molecule has 1 amide bonds. The summed E-state index contributed by atoms with van der Waals surface area (Å²) < 4.78 is 42.6. The minimum Gasteiger partial charge on any atom is -0.497 e. The van der Waals surface area contributed by atoms with Gasteiger partial charge < -0.3 is 19.9 Å². The first-order valence-corrected chi connectivity index (χ1v) is 14.9. The molecule has 3 aliphatic rings. The van der Waals surface area contributed by atoms with Gasteiger partial charge in [-0.3, -0.25) is 14.8 Å². The van der Waals surface area contributed by atoms with Crippen LogP contribution >= 0.6 is 0 Å². The number of aromatic nitrogens is 2. The summed E-state index contributed by atoms with van der Waals surface area (Å²) in [5, 5.41) is 19.0. The molecule has 1 saturated carbocycles. The maximum Gasteiger partial charge on any atom is 0.490 e. The number of rotatable bonds is 7. The second kappa shape index (κ2) is 12.6. The standard InChI is InChI=1S/C32H32N4O3.C2HF3O2/c1-38-24-8-11-29-26(19-24)32(31(37)33-29)20-27(32)23-7-9-25-28(34-35-30(25)18-23)10-6-21-2-4-22(5-3-21)12-13-36-14-16-39-17-15-36;3-2(4,5)1(6)7/h2-11,18-19,27H,12-17,20H2,1H3,(H,33,37)(H,34,35);(H,6,7)/b10-6+;/t27-,32-;/m0./s1. The quantitative estimate of drug-likeness (QED) is 0.241. The average molecular weight is 635 g/mol. The summed E-state index contributed by atoms with van der Waals surface area (Å²) in [7, 11) is 1.66. The van der Waals surface area contributed by atoms with Crippen molar-refractivity contribution in [1.29, 1.82) is 0 Å². The van der Waals surface area contributed by atoms with Crippen molar-refractivity contribution in [2.75, 3.05) is 45.3 Å². The summed E-state index contributed by atoms with van der Waals surface area (Å²) in [4.78, 5) is 24.4. The number of aliphatic carboxylic acids is 1. The van der Waals surface area contributed by atoms with Crippen molar-refractivity contribution in [1.82, 2.24) is 15.1 Å². The Balaban J connectivity index is 0.000000480. The lowest BCUT2D eigenvalue weighted by Gasteiger charge is -2.26. The Morgan fingerprint density at radius 3 is 2.54 bits per heavy atom. The first-order valence-electron chi connectivity index (χ1n) is 14.9. The Hall–Kier alpha value is -4.68. The van der Waals surface area contributed by atoms with Crippen molar-refractivity contribution < 1.29 is 37.3 Å². The summed E-state index contributed by atoms with van der Waals surface area (Å²) in [6, 6.07) is 21.0. The maximum absolute atomic E-state index is 13.0. The molecule has 1 aliphatic carbocycles. The number of carboxylic acids is 1. The molecule has 0 unspecified atom stereocenters. The molecule has 2 atom stereocenters. The van der Waals surface area contributed by atoms with Crippen LogP contribution in [-0.4, -0.2) is 78.2 Å². The molecule has 2 fully saturated rings. The number of methoxy groups -OCH3 is 1. The van der Waals surface area contributed by atoms with Crippen LogP contribution in [0.1, 0.15) is 40.3 Å². The molecule has 1 spiro atoms. The minimum absolute atomic E-state index is 0.0798. The summed E-state index contributed by atoms with van der Waals surface area (Å²) in [6.45, 7) is 4.82. The van der Waals surface area contributed by atoms with Crippen molar-refractivity contribution in [3.8, 4) is 5.75 Å². The predicted molar refractivity (Wildman–Crippen MR) is 167 cm³/mol. The maximum atomic E-state index is 13.0. The third kappa shape index (κ3) is 6.35. The topological polar surface area (TPSA) is 117 Å². The van der Waals surface area contributed by atoms with E-state index >= 15 is 0 Å². The number of carboxylic acid groups (broad SMARTS) is 1. The van der Waals surface area contributed by atoms with E-state index in [0.29, 0.717) is 0 Å². The zero-order chi connectivity index (χ0) is 32.5. The van der Waals surface area contributed by atoms with Gasteiger partial charge in [0.15, 0.2) is 0 Å². The zero-order valence-corrected chi connectivity index (χ0v) is 25.1. The van der Waals surface area contributed by atoms with Crippen molar-refractivity contribution >= 4 is 40.6 Å². The lowest BCUT2D eigenvalue weighted by atomic mass is 9.91. The van der Waals surface area contributed by atoms with E-state index in [1.54, 1.807) is 7.11 Å². The van der Waals surface area contributed by atoms with Gasteiger partial charge in [-0.1, -0.05) is 42.5 Å². The number of amides is 1. The second-order valence-electron chi connectivity index (χ2n) is 11.6. The van der Waals surface area contributed by atoms with Crippen LogP contribution in [-0.2, 0) is 26.2 Å². The number of carbonyl (C=O) groups is 2. The lowest BCUT2D eigenvalue weighted by Crippen LogP contribution is -2.37. The van der Waals surface area contributed by atoms with Crippen molar-refractivity contribution in [3.63, 3.8) is 0 Å². The van der Waals surface area contributed by atoms with E-state index in [-0.39, 0.29) is 11.8 Å². The highest BCUT2D eigenvalue weighted by atomic mass is 19.4. The first-order chi connectivity index (χ1) is 22.1. The molecule has 1 saturated heterocycles. The largest absolute Gasteiger partial charge is 0.497 e. The number of fused-ring (bicyclic) bond motifs is 3. The molecule has 12 heteroatoms. The number of carbonyl (C=O) groups excluding carboxylic acids is 1. The van der Waals surface area contributed by atoms with E-state index in [4.69, 9.17) is 19.4 Å². The van der Waals surface area contributed by atoms with Crippen LogP contribution in [0.5, 0.6) is 5.75 Å². The number of hydrogen-bond donors (Lipinski definition) is 3. The van der Waals surface area contributed by atoms with Crippen LogP contribution in [0.25, 0.3) is 23.1 Å². The summed E-state index contributed by atoms with van der Waals surface area (Å²) in [5.74, 6) is -1.76. The third-order valence-corrected chi connectivity index (χ3v) is 8.82. The van der Waals surface area contributed by atoms with Crippen molar-refractivity contribution in [2.24, 2.45) is 0 Å². The molecule has 3 N–H and O–H groups in total. The van der Waals surface area contributed by atoms with Crippen LogP contribution < -0.4 is 10.1 Å². The number of morpholine rings is 1. The van der Waals surface area contributed by atoms with Gasteiger partial charge >= 0.3 is 12.1 Å². The van der Waals surface area contributed by atoms with Crippen molar-refractivity contribution in [3.05, 3.63) is 88.6 Å². The first kappa shape index (κ1) is 31.3. The van der Waals surface area contributed by atoms with Gasteiger partial charge in [0, 0.05) is 36.6 Å². The zero-order valence-electron chi connectivity index (χ0n) is 25.1. The molecule has 9 nitrogen and oxygen atoms in total. The lowest BCUT2D eigenvalue weighted by molar-refractivity contribution is -0.192. The number of nitrogens with zero attached hydrogens (tertiary/aromatic N) is 2. The number of alkyl halides is 3. The highest BCUT2D eigenvalue weighted by Gasteiger charge is 2.65. The van der Waals surface area contributed by atoms with Gasteiger partial charge in [-0.2, -0.15) is 18.3 Å². The van der Waals surface area contributed by atoms with Gasteiger partial charge in [0.25, 0.3) is 0 Å². The molecular weight excluding hydrogens is 601 g/mol. The molecule has 2 aliphatic heterocycles. The number of nitrogens with one attached hydrogen (secondary N) is 2. The van der Waals surface area contributed by atoms with E-state index in [9.17, 15) is 18.0 Å². The Labute approximate surface area is 263 Å². The SMILES string of the molecule is COc1ccc2c(c1)[C@]1(C[C@H]1c1ccc3c(/C=C/c4ccc(CCN5CCOCC5)cc4)n[nH]c3c1)C(=O)N2.O=C(O)C(F)(F)F. The van der Waals surface area contributed by atoms with E-state index < -0.39 is 17.6 Å². The van der Waals surface area contributed by atoms with Crippen LogP contribution in [0, 0.1) is 0 Å². The van der Waals surface area contributed by atoms with Crippen molar-refractivity contribution in [2.45, 2.75) is 30.4 Å². The van der Waals surface area contributed by atoms with E-state index in [2.05, 4.69) is 75.0 Å². The number of ether oxygens (including phenoxy) is 2. The number of hydrogen-bond acceptors (Lipinski definition) is 6. The Kier molecular flexibility index (Phi) is 8.58. The van der Waals surface area contributed by atoms with Gasteiger partial charge in [0.2, 0.25) is 5.91 Å². The van der Waals surface area contributed by atoms with Gasteiger partial charge in [0.1, 0.15) is 5.75 Å². The predicted octanol–water partition coefficient (Wildman–Crippen LogP) is 5.63. The molecule has 7 rings (SSSR count). The van der Waals surface area contributed by atoms with Gasteiger partial charge in [-0.05, 0) is 65.4 Å². The molecule has 1 aromatic heterocycles. The molecule has 4 aromatic rings. The molecule has 0 radical (unpaired) electrons. The fourth-order valence-electron chi connectivity index (χ4n) is 6.18. The van der Waals surface area contributed by atoms with E-state index in [1.165, 1.54) is 5.56 Å². The van der Waals surface area contributed by atoms with Crippen LogP contribution in [0.15, 0.2) is 60.7 Å². The van der Waals surface area contributed by atoms with Gasteiger partial charge in [0.05, 0.1) is 36.9 Å². The van der Waals surface area contributed by atoms with Gasteiger partial charge in [-0.15, -0.1) is 0 Å². The highest BCUT2D eigenvalue weighted by Crippen LogP contribution is 2.65. The molecule has 240 valence electrons. The number of anilines is 1. The highest BCUT2D eigenvalue weighted by molar-refractivity contribution is 6.10. The van der Waals surface area contributed by atoms with Crippen LogP contribution in [0.2, 0.25) is 0 Å². The fourth-order valence-corrected chi connectivity index (χ4v) is 6.18. The Morgan fingerprint density at radius 2 is 1.85 bits per heavy atom. The summed E-state index contributed by atoms with van der Waals surface area (Å²) in [6.07, 6.45) is 0.943. The van der Waals surface area contributed by atoms with E-state index in [0.717, 1.165) is 90.4 Å². The molecule has 46 heavy (non-hydrogen) atoms. The Morgan fingerprint density at radius 1 is 1.11 bits per heavy atom. The minimum atomic E-state index is -5.08. The normalized spacial score (nSPS) is 20.8. The third-order valence-electron chi connectivity index (χ3n) is 8.82. The number of H-pyrrole nitrogens is 1. The Bertz CT molecular complexity index is 1780. The van der Waals surface area contributed by atoms with Crippen LogP contribution in [0.4, 0.5) is 18.9 Å². The molecular formula is C34H33F3N4O5. The van der Waals surface area contributed by atoms with Crippen LogP contribution in [0.3, 0.4) is 0 Å². The van der Waals surface area contributed by atoms with E-state index in [1.807, 2.05) is 18.2 Å². The number of benzene rings is 3. The molecule has 3 heterocycles. The number of halogens is 3. The molecule has 0 bridgehead atoms. The van der Waals surface area contributed by atoms with Gasteiger partial charge in [-0.25, -0.2) is 4.79 Å². The second-order valence-corrected chi connectivity index (χ2v) is 11.6. The fraction of sp³-hybridized carbons (Fsp3) is 0.324. The summed E-state index contributed by atoms with van der Waals surface area (Å²) >= 11 is 0. The smallest absolute Gasteiger partial charge is 0.490 e. The monoisotopic (exact) mass is 634 g/mol.